The molecule has 15 heavy (non-hydrogen) atoms. The second kappa shape index (κ2) is 3.50. The molecule has 0 fully saturated rings. The summed E-state index contributed by atoms with van der Waals surface area (Å²) in [5, 5.41) is 0. The van der Waals surface area contributed by atoms with E-state index < -0.39 is 0 Å². The molecule has 0 aliphatic heterocycles. The summed E-state index contributed by atoms with van der Waals surface area (Å²) in [5.41, 5.74) is 4.23. The van der Waals surface area contributed by atoms with E-state index in [-0.39, 0.29) is 0 Å². The number of hydrogen-bond acceptors (Lipinski definition) is 0. The van der Waals surface area contributed by atoms with Gasteiger partial charge in [0.1, 0.15) is 0 Å². The molecule has 0 saturated heterocycles. The molecule has 2 aliphatic carbocycles. The average Bonchev–Trinajstić information content (AvgIpc) is 2.52. The van der Waals surface area contributed by atoms with Crippen LogP contribution in [0.4, 0.5) is 0 Å². The number of hydrogen-bond donors (Lipinski definition) is 0. The van der Waals surface area contributed by atoms with Crippen LogP contribution in [0.15, 0.2) is 23.3 Å². The third-order valence-corrected chi connectivity index (χ3v) is 4.47. The fourth-order valence-corrected chi connectivity index (χ4v) is 3.37. The first-order valence-electron chi connectivity index (χ1n) is 6.31. The third-order valence-electron chi connectivity index (χ3n) is 4.47. The van der Waals surface area contributed by atoms with E-state index in [1.54, 1.807) is 11.1 Å². The molecule has 0 radical (unpaired) electrons. The molecule has 1 unspecified atom stereocenters. The lowest BCUT2D eigenvalue weighted by Crippen LogP contribution is -2.28. The topological polar surface area (TPSA) is 0 Å². The Kier molecular flexibility index (Phi) is 2.56. The van der Waals surface area contributed by atoms with Gasteiger partial charge in [0.05, 0.1) is 0 Å². The van der Waals surface area contributed by atoms with Crippen LogP contribution in [0.1, 0.15) is 59.8 Å². The van der Waals surface area contributed by atoms with Crippen LogP contribution in [0.3, 0.4) is 0 Å². The van der Waals surface area contributed by atoms with Crippen molar-refractivity contribution in [1.82, 2.24) is 0 Å². The van der Waals surface area contributed by atoms with Crippen LogP contribution in [0.2, 0.25) is 0 Å². The Bertz CT molecular complexity index is 317. The fourth-order valence-electron chi connectivity index (χ4n) is 3.37. The highest BCUT2D eigenvalue weighted by Gasteiger charge is 2.40. The van der Waals surface area contributed by atoms with Gasteiger partial charge in [0.15, 0.2) is 0 Å². The van der Waals surface area contributed by atoms with Crippen molar-refractivity contribution in [3.8, 4) is 0 Å². The number of allylic oxidation sites excluding steroid dienone is 4. The zero-order valence-corrected chi connectivity index (χ0v) is 10.7. The summed E-state index contributed by atoms with van der Waals surface area (Å²) in [6.45, 7) is 9.58. The van der Waals surface area contributed by atoms with Gasteiger partial charge in [-0.2, -0.15) is 0 Å². The van der Waals surface area contributed by atoms with E-state index in [0.717, 1.165) is 0 Å². The van der Waals surface area contributed by atoms with Crippen molar-refractivity contribution in [3.05, 3.63) is 23.3 Å². The minimum atomic E-state index is 0.452. The van der Waals surface area contributed by atoms with E-state index in [2.05, 4.69) is 39.8 Å². The third kappa shape index (κ3) is 1.91. The fraction of sp³-hybridized carbons (Fsp3) is 0.733. The van der Waals surface area contributed by atoms with Gasteiger partial charge in [-0.15, -0.1) is 0 Å². The van der Waals surface area contributed by atoms with Crippen molar-refractivity contribution < 1.29 is 0 Å². The van der Waals surface area contributed by atoms with Gasteiger partial charge >= 0.3 is 0 Å². The Morgan fingerprint density at radius 2 is 1.80 bits per heavy atom. The molecule has 0 amide bonds. The van der Waals surface area contributed by atoms with Crippen molar-refractivity contribution in [1.29, 1.82) is 0 Å². The van der Waals surface area contributed by atoms with E-state index >= 15 is 0 Å². The maximum atomic E-state index is 2.52. The lowest BCUT2D eigenvalue weighted by molar-refractivity contribution is 0.274. The summed E-state index contributed by atoms with van der Waals surface area (Å²) >= 11 is 0. The quantitative estimate of drug-likeness (QED) is 0.535. The molecule has 0 bridgehead atoms. The monoisotopic (exact) mass is 204 g/mol. The summed E-state index contributed by atoms with van der Waals surface area (Å²) in [5.74, 6) is 0. The van der Waals surface area contributed by atoms with Crippen LogP contribution >= 0.6 is 0 Å². The average molecular weight is 204 g/mol. The molecule has 84 valence electrons. The van der Waals surface area contributed by atoms with E-state index in [1.165, 1.54) is 32.1 Å². The highest BCUT2D eigenvalue weighted by Crippen LogP contribution is 2.52. The van der Waals surface area contributed by atoms with E-state index in [4.69, 9.17) is 0 Å². The zero-order chi connectivity index (χ0) is 11.1. The SMILES string of the molecule is CC1=CCC(C)(C2=CCCC2(C)C)CC1. The molecule has 2 rings (SSSR count). The van der Waals surface area contributed by atoms with Gasteiger partial charge in [0, 0.05) is 0 Å². The second-order valence-corrected chi connectivity index (χ2v) is 6.36. The highest BCUT2D eigenvalue weighted by molar-refractivity contribution is 5.28. The first-order chi connectivity index (χ1) is 6.94. The largest absolute Gasteiger partial charge is 0.0847 e. The van der Waals surface area contributed by atoms with Crippen molar-refractivity contribution in [2.24, 2.45) is 10.8 Å². The summed E-state index contributed by atoms with van der Waals surface area (Å²) in [6, 6.07) is 0. The molecule has 0 heterocycles. The minimum Gasteiger partial charge on any atom is -0.0847 e. The van der Waals surface area contributed by atoms with Crippen LogP contribution in [0.5, 0.6) is 0 Å². The molecule has 0 N–H and O–H groups in total. The Balaban J connectivity index is 2.24. The molecule has 0 heteroatoms. The predicted octanol–water partition coefficient (Wildman–Crippen LogP) is 4.87. The normalized spacial score (nSPS) is 34.9. The predicted molar refractivity (Wildman–Crippen MR) is 66.8 cm³/mol. The maximum Gasteiger partial charge on any atom is -0.00735 e. The summed E-state index contributed by atoms with van der Waals surface area (Å²) in [4.78, 5) is 0. The van der Waals surface area contributed by atoms with Crippen molar-refractivity contribution in [2.75, 3.05) is 0 Å². The van der Waals surface area contributed by atoms with Crippen molar-refractivity contribution in [3.63, 3.8) is 0 Å². The van der Waals surface area contributed by atoms with Crippen LogP contribution < -0.4 is 0 Å². The van der Waals surface area contributed by atoms with Crippen LogP contribution in [0.25, 0.3) is 0 Å². The van der Waals surface area contributed by atoms with E-state index in [1.807, 2.05) is 0 Å². The molecular weight excluding hydrogens is 180 g/mol. The molecule has 0 aromatic carbocycles. The van der Waals surface area contributed by atoms with Gasteiger partial charge in [-0.05, 0) is 49.9 Å². The van der Waals surface area contributed by atoms with E-state index in [0.29, 0.717) is 10.8 Å². The lowest BCUT2D eigenvalue weighted by atomic mass is 9.64. The Morgan fingerprint density at radius 1 is 1.07 bits per heavy atom. The second-order valence-electron chi connectivity index (χ2n) is 6.36. The van der Waals surface area contributed by atoms with Gasteiger partial charge < -0.3 is 0 Å². The maximum absolute atomic E-state index is 2.52. The Hall–Kier alpha value is -0.520. The highest BCUT2D eigenvalue weighted by atomic mass is 14.4. The standard InChI is InChI=1S/C15H24/c1-12-7-10-15(4,11-8-12)13-6-5-9-14(13,2)3/h6-7H,5,8-11H2,1-4H3. The zero-order valence-electron chi connectivity index (χ0n) is 10.7. The van der Waals surface area contributed by atoms with Crippen molar-refractivity contribution >= 4 is 0 Å². The molecule has 0 spiro atoms. The Labute approximate surface area is 94.5 Å². The molecule has 0 saturated carbocycles. The van der Waals surface area contributed by atoms with Crippen molar-refractivity contribution in [2.45, 2.75) is 59.8 Å². The summed E-state index contributed by atoms with van der Waals surface area (Å²) in [6.07, 6.45) is 11.5. The molecule has 0 aromatic heterocycles. The van der Waals surface area contributed by atoms with Crippen LogP contribution in [-0.4, -0.2) is 0 Å². The first-order valence-corrected chi connectivity index (χ1v) is 6.31. The van der Waals surface area contributed by atoms with Gasteiger partial charge in [-0.1, -0.05) is 44.1 Å². The van der Waals surface area contributed by atoms with Gasteiger partial charge in [0.2, 0.25) is 0 Å². The van der Waals surface area contributed by atoms with Gasteiger partial charge in [0.25, 0.3) is 0 Å². The first kappa shape index (κ1) is 11.0. The molecule has 0 aromatic rings. The lowest BCUT2D eigenvalue weighted by Gasteiger charge is -2.40. The molecule has 0 nitrogen and oxygen atoms in total. The van der Waals surface area contributed by atoms with Gasteiger partial charge in [-0.3, -0.25) is 0 Å². The molecule has 2 aliphatic rings. The van der Waals surface area contributed by atoms with Crippen LogP contribution in [0, 0.1) is 10.8 Å². The smallest absolute Gasteiger partial charge is 0.00735 e. The summed E-state index contributed by atoms with van der Waals surface area (Å²) in [7, 11) is 0. The van der Waals surface area contributed by atoms with E-state index in [9.17, 15) is 0 Å². The van der Waals surface area contributed by atoms with Crippen LogP contribution in [-0.2, 0) is 0 Å². The van der Waals surface area contributed by atoms with Gasteiger partial charge in [-0.25, -0.2) is 0 Å². The minimum absolute atomic E-state index is 0.452. The summed E-state index contributed by atoms with van der Waals surface area (Å²) < 4.78 is 0. The molecule has 1 atom stereocenters. The number of rotatable bonds is 1. The Morgan fingerprint density at radius 3 is 2.27 bits per heavy atom. The molecular formula is C15H24.